The molecule has 0 aliphatic carbocycles. The second kappa shape index (κ2) is 7.39. The summed E-state index contributed by atoms with van der Waals surface area (Å²) in [4.78, 5) is 4.86. The number of nitrogens with two attached hydrogens (primary N) is 1. The summed E-state index contributed by atoms with van der Waals surface area (Å²) >= 11 is 0. The summed E-state index contributed by atoms with van der Waals surface area (Å²) in [7, 11) is 0. The molecule has 0 radical (unpaired) electrons. The van der Waals surface area contributed by atoms with Crippen molar-refractivity contribution >= 4 is 0 Å². The zero-order chi connectivity index (χ0) is 15.3. The predicted octanol–water partition coefficient (Wildman–Crippen LogP) is 2.84. The molecule has 0 spiro atoms. The van der Waals surface area contributed by atoms with Gasteiger partial charge in [-0.2, -0.15) is 0 Å². The molecule has 1 aromatic rings. The van der Waals surface area contributed by atoms with Crippen molar-refractivity contribution in [3.05, 3.63) is 35.4 Å². The molecule has 0 saturated carbocycles. The molecule has 21 heavy (non-hydrogen) atoms. The second-order valence-corrected chi connectivity index (χ2v) is 6.51. The fourth-order valence-electron chi connectivity index (χ4n) is 3.22. The van der Waals surface area contributed by atoms with Gasteiger partial charge in [-0.15, -0.1) is 0 Å². The van der Waals surface area contributed by atoms with Crippen LogP contribution in [0.4, 0.5) is 0 Å². The molecule has 1 aliphatic heterocycles. The standard InChI is InChI=1S/C18H31N3/c1-4-20(5-2)15-17-10-8-16(9-11-17)14-18(3,19)21-12-6-7-13-21/h8-11H,4-7,12-15,19H2,1-3H3. The van der Waals surface area contributed by atoms with Gasteiger partial charge in [0.05, 0.1) is 5.66 Å². The Bertz CT molecular complexity index is 415. The zero-order valence-corrected chi connectivity index (χ0v) is 13.9. The molecule has 1 aliphatic rings. The summed E-state index contributed by atoms with van der Waals surface area (Å²) < 4.78 is 0. The van der Waals surface area contributed by atoms with E-state index in [1.54, 1.807) is 0 Å². The molecule has 0 amide bonds. The summed E-state index contributed by atoms with van der Waals surface area (Å²) in [5, 5.41) is 0. The molecule has 1 heterocycles. The van der Waals surface area contributed by atoms with Gasteiger partial charge >= 0.3 is 0 Å². The van der Waals surface area contributed by atoms with Crippen molar-refractivity contribution in [2.24, 2.45) is 5.73 Å². The summed E-state index contributed by atoms with van der Waals surface area (Å²) in [6, 6.07) is 9.02. The van der Waals surface area contributed by atoms with Crippen molar-refractivity contribution in [1.82, 2.24) is 9.80 Å². The molecule has 3 nitrogen and oxygen atoms in total. The number of likely N-dealkylation sites (tertiary alicyclic amines) is 1. The van der Waals surface area contributed by atoms with Gasteiger partial charge in [0.25, 0.3) is 0 Å². The average Bonchev–Trinajstić information content (AvgIpc) is 3.01. The van der Waals surface area contributed by atoms with Gasteiger partial charge in [-0.05, 0) is 57.1 Å². The summed E-state index contributed by atoms with van der Waals surface area (Å²) in [6.07, 6.45) is 3.50. The highest BCUT2D eigenvalue weighted by molar-refractivity contribution is 5.24. The highest BCUT2D eigenvalue weighted by Crippen LogP contribution is 2.21. The normalized spacial score (nSPS) is 19.1. The van der Waals surface area contributed by atoms with Gasteiger partial charge in [0, 0.05) is 13.0 Å². The van der Waals surface area contributed by atoms with E-state index in [4.69, 9.17) is 5.73 Å². The third kappa shape index (κ3) is 4.53. The fraction of sp³-hybridized carbons (Fsp3) is 0.667. The largest absolute Gasteiger partial charge is 0.313 e. The molecule has 118 valence electrons. The number of rotatable bonds is 7. The first-order valence-corrected chi connectivity index (χ1v) is 8.39. The van der Waals surface area contributed by atoms with E-state index in [1.165, 1.54) is 24.0 Å². The van der Waals surface area contributed by atoms with Gasteiger partial charge in [-0.1, -0.05) is 38.1 Å². The number of hydrogen-bond donors (Lipinski definition) is 1. The molecule has 0 bridgehead atoms. The maximum Gasteiger partial charge on any atom is 0.0699 e. The first kappa shape index (κ1) is 16.5. The summed E-state index contributed by atoms with van der Waals surface area (Å²) in [5.41, 5.74) is 9.06. The van der Waals surface area contributed by atoms with Gasteiger partial charge in [0.2, 0.25) is 0 Å². The number of nitrogens with zero attached hydrogens (tertiary/aromatic N) is 2. The van der Waals surface area contributed by atoms with E-state index in [-0.39, 0.29) is 5.66 Å². The maximum atomic E-state index is 6.53. The van der Waals surface area contributed by atoms with Gasteiger partial charge in [-0.25, -0.2) is 0 Å². The first-order valence-electron chi connectivity index (χ1n) is 8.39. The Kier molecular flexibility index (Phi) is 5.80. The van der Waals surface area contributed by atoms with E-state index >= 15 is 0 Å². The Balaban J connectivity index is 1.95. The monoisotopic (exact) mass is 289 g/mol. The quantitative estimate of drug-likeness (QED) is 0.838. The van der Waals surface area contributed by atoms with E-state index in [0.29, 0.717) is 0 Å². The topological polar surface area (TPSA) is 32.5 Å². The van der Waals surface area contributed by atoms with Crippen molar-refractivity contribution in [2.75, 3.05) is 26.2 Å². The van der Waals surface area contributed by atoms with E-state index in [0.717, 1.165) is 39.1 Å². The van der Waals surface area contributed by atoms with Crippen LogP contribution in [0.2, 0.25) is 0 Å². The first-order chi connectivity index (χ1) is 10.0. The van der Waals surface area contributed by atoms with Crippen molar-refractivity contribution in [3.63, 3.8) is 0 Å². The van der Waals surface area contributed by atoms with Crippen LogP contribution in [0.3, 0.4) is 0 Å². The lowest BCUT2D eigenvalue weighted by molar-refractivity contribution is 0.142. The van der Waals surface area contributed by atoms with Crippen LogP contribution in [0.15, 0.2) is 24.3 Å². The molecule has 2 N–H and O–H groups in total. The molecule has 3 heteroatoms. The molecule has 1 saturated heterocycles. The minimum Gasteiger partial charge on any atom is -0.313 e. The highest BCUT2D eigenvalue weighted by atomic mass is 15.3. The molecule has 0 aromatic heterocycles. The maximum absolute atomic E-state index is 6.53. The Hall–Kier alpha value is -0.900. The van der Waals surface area contributed by atoms with Gasteiger partial charge < -0.3 is 5.73 Å². The van der Waals surface area contributed by atoms with Gasteiger partial charge in [0.15, 0.2) is 0 Å². The lowest BCUT2D eigenvalue weighted by atomic mass is 9.99. The molecule has 1 atom stereocenters. The fourth-order valence-corrected chi connectivity index (χ4v) is 3.22. The van der Waals surface area contributed by atoms with Gasteiger partial charge in [0.1, 0.15) is 0 Å². The van der Waals surface area contributed by atoms with Crippen LogP contribution in [-0.2, 0) is 13.0 Å². The number of hydrogen-bond acceptors (Lipinski definition) is 3. The summed E-state index contributed by atoms with van der Waals surface area (Å²) in [5.74, 6) is 0. The minimum atomic E-state index is -0.211. The summed E-state index contributed by atoms with van der Waals surface area (Å²) in [6.45, 7) is 12.1. The van der Waals surface area contributed by atoms with Crippen molar-refractivity contribution in [1.29, 1.82) is 0 Å². The van der Waals surface area contributed by atoms with Crippen LogP contribution in [-0.4, -0.2) is 41.6 Å². The third-order valence-corrected chi connectivity index (χ3v) is 4.71. The Morgan fingerprint density at radius 2 is 1.57 bits per heavy atom. The second-order valence-electron chi connectivity index (χ2n) is 6.51. The van der Waals surface area contributed by atoms with Crippen molar-refractivity contribution in [2.45, 2.75) is 52.2 Å². The zero-order valence-electron chi connectivity index (χ0n) is 13.9. The van der Waals surface area contributed by atoms with Crippen LogP contribution in [0.5, 0.6) is 0 Å². The lowest BCUT2D eigenvalue weighted by Gasteiger charge is -2.35. The Morgan fingerprint density at radius 1 is 1.05 bits per heavy atom. The van der Waals surface area contributed by atoms with E-state index < -0.39 is 0 Å². The van der Waals surface area contributed by atoms with Crippen LogP contribution in [0.1, 0.15) is 44.7 Å². The van der Waals surface area contributed by atoms with E-state index in [1.807, 2.05) is 0 Å². The van der Waals surface area contributed by atoms with Crippen LogP contribution in [0.25, 0.3) is 0 Å². The smallest absolute Gasteiger partial charge is 0.0699 e. The molecule has 1 unspecified atom stereocenters. The van der Waals surface area contributed by atoms with Crippen molar-refractivity contribution in [3.8, 4) is 0 Å². The van der Waals surface area contributed by atoms with Crippen LogP contribution >= 0.6 is 0 Å². The van der Waals surface area contributed by atoms with Crippen molar-refractivity contribution < 1.29 is 0 Å². The third-order valence-electron chi connectivity index (χ3n) is 4.71. The number of benzene rings is 1. The minimum absolute atomic E-state index is 0.211. The molecule has 2 rings (SSSR count). The molecular weight excluding hydrogens is 258 g/mol. The predicted molar refractivity (Wildman–Crippen MR) is 90.2 cm³/mol. The van der Waals surface area contributed by atoms with Gasteiger partial charge in [-0.3, -0.25) is 9.80 Å². The van der Waals surface area contributed by atoms with E-state index in [2.05, 4.69) is 54.8 Å². The molecular formula is C18H31N3. The van der Waals surface area contributed by atoms with E-state index in [9.17, 15) is 0 Å². The Morgan fingerprint density at radius 3 is 2.10 bits per heavy atom. The van der Waals surface area contributed by atoms with Crippen LogP contribution < -0.4 is 5.73 Å². The average molecular weight is 289 g/mol. The van der Waals surface area contributed by atoms with Crippen LogP contribution in [0, 0.1) is 0 Å². The lowest BCUT2D eigenvalue weighted by Crippen LogP contribution is -2.53. The molecule has 1 fully saturated rings. The highest BCUT2D eigenvalue weighted by Gasteiger charge is 2.29. The Labute approximate surface area is 130 Å². The molecule has 1 aromatic carbocycles. The SMILES string of the molecule is CCN(CC)Cc1ccc(CC(C)(N)N2CCCC2)cc1.